The van der Waals surface area contributed by atoms with E-state index in [0.29, 0.717) is 18.7 Å². The highest BCUT2D eigenvalue weighted by Crippen LogP contribution is 2.19. The van der Waals surface area contributed by atoms with Crippen LogP contribution in [0.4, 0.5) is 0 Å². The Bertz CT molecular complexity index is 613. The topological polar surface area (TPSA) is 40.5 Å². The first-order valence-corrected chi connectivity index (χ1v) is 7.61. The molecule has 1 amide bonds. The van der Waals surface area contributed by atoms with Crippen LogP contribution >= 0.6 is 15.9 Å². The van der Waals surface area contributed by atoms with Crippen LogP contribution in [0.15, 0.2) is 53.0 Å². The number of aliphatic hydroxyl groups excluding tert-OH is 1. The van der Waals surface area contributed by atoms with Gasteiger partial charge in [0, 0.05) is 23.1 Å². The van der Waals surface area contributed by atoms with E-state index < -0.39 is 0 Å². The fourth-order valence-corrected chi connectivity index (χ4v) is 2.38. The van der Waals surface area contributed by atoms with Crippen LogP contribution < -0.4 is 0 Å². The summed E-state index contributed by atoms with van der Waals surface area (Å²) in [5.41, 5.74) is 2.71. The van der Waals surface area contributed by atoms with Crippen molar-refractivity contribution in [2.75, 3.05) is 13.2 Å². The molecule has 2 aromatic carbocycles. The standard InChI is InChI=1S/C17H18BrNO2/c1-13-11-15(7-8-16(13)18)17(21)19(9-10-20)12-14-5-3-2-4-6-14/h2-8,11,20H,9-10,12H2,1H3. The summed E-state index contributed by atoms with van der Waals surface area (Å²) in [7, 11) is 0. The van der Waals surface area contributed by atoms with Gasteiger partial charge in [0.15, 0.2) is 0 Å². The Morgan fingerprint density at radius 2 is 1.90 bits per heavy atom. The summed E-state index contributed by atoms with van der Waals surface area (Å²) >= 11 is 3.44. The third-order valence-electron chi connectivity index (χ3n) is 3.28. The third-order valence-corrected chi connectivity index (χ3v) is 4.17. The number of carbonyl (C=O) groups is 1. The molecule has 4 heteroatoms. The zero-order valence-corrected chi connectivity index (χ0v) is 13.5. The first-order chi connectivity index (χ1) is 10.1. The zero-order valence-electron chi connectivity index (χ0n) is 11.9. The number of aliphatic hydroxyl groups is 1. The fraction of sp³-hybridized carbons (Fsp3) is 0.235. The summed E-state index contributed by atoms with van der Waals surface area (Å²) in [6.45, 7) is 2.72. The van der Waals surface area contributed by atoms with E-state index in [-0.39, 0.29) is 12.5 Å². The van der Waals surface area contributed by atoms with E-state index in [2.05, 4.69) is 15.9 Å². The van der Waals surface area contributed by atoms with Gasteiger partial charge in [0.05, 0.1) is 6.61 Å². The lowest BCUT2D eigenvalue weighted by atomic mass is 10.1. The number of hydrogen-bond acceptors (Lipinski definition) is 2. The van der Waals surface area contributed by atoms with Crippen molar-refractivity contribution in [3.05, 3.63) is 69.7 Å². The number of benzene rings is 2. The first-order valence-electron chi connectivity index (χ1n) is 6.82. The summed E-state index contributed by atoms with van der Waals surface area (Å²) < 4.78 is 0.982. The molecule has 0 aliphatic rings. The van der Waals surface area contributed by atoms with Gasteiger partial charge in [-0.15, -0.1) is 0 Å². The summed E-state index contributed by atoms with van der Waals surface area (Å²) in [6, 6.07) is 15.3. The molecule has 0 aliphatic heterocycles. The molecule has 21 heavy (non-hydrogen) atoms. The Labute approximate surface area is 133 Å². The second kappa shape index (κ2) is 7.38. The van der Waals surface area contributed by atoms with Crippen LogP contribution in [-0.4, -0.2) is 29.1 Å². The minimum atomic E-state index is -0.0662. The van der Waals surface area contributed by atoms with E-state index in [1.165, 1.54) is 0 Å². The average Bonchev–Trinajstić information content (AvgIpc) is 2.50. The second-order valence-corrected chi connectivity index (χ2v) is 5.75. The van der Waals surface area contributed by atoms with Crippen molar-refractivity contribution in [2.24, 2.45) is 0 Å². The quantitative estimate of drug-likeness (QED) is 0.900. The zero-order chi connectivity index (χ0) is 15.2. The molecular weight excluding hydrogens is 330 g/mol. The monoisotopic (exact) mass is 347 g/mol. The highest BCUT2D eigenvalue weighted by atomic mass is 79.9. The minimum absolute atomic E-state index is 0.0475. The van der Waals surface area contributed by atoms with Crippen LogP contribution in [0.3, 0.4) is 0 Å². The van der Waals surface area contributed by atoms with Crippen LogP contribution in [-0.2, 0) is 6.54 Å². The van der Waals surface area contributed by atoms with Gasteiger partial charge in [-0.3, -0.25) is 4.79 Å². The van der Waals surface area contributed by atoms with Gasteiger partial charge in [-0.25, -0.2) is 0 Å². The van der Waals surface area contributed by atoms with Gasteiger partial charge < -0.3 is 10.0 Å². The highest BCUT2D eigenvalue weighted by molar-refractivity contribution is 9.10. The van der Waals surface area contributed by atoms with Gasteiger partial charge >= 0.3 is 0 Å². The van der Waals surface area contributed by atoms with Crippen molar-refractivity contribution in [1.29, 1.82) is 0 Å². The molecule has 0 bridgehead atoms. The van der Waals surface area contributed by atoms with Crippen LogP contribution in [0.25, 0.3) is 0 Å². The van der Waals surface area contributed by atoms with Crippen LogP contribution in [0.2, 0.25) is 0 Å². The number of rotatable bonds is 5. The number of hydrogen-bond donors (Lipinski definition) is 1. The van der Waals surface area contributed by atoms with Crippen molar-refractivity contribution < 1.29 is 9.90 Å². The largest absolute Gasteiger partial charge is 0.395 e. The van der Waals surface area contributed by atoms with Gasteiger partial charge in [0.25, 0.3) is 5.91 Å². The molecule has 3 nitrogen and oxygen atoms in total. The number of nitrogens with zero attached hydrogens (tertiary/aromatic N) is 1. The molecule has 0 saturated heterocycles. The molecule has 1 N–H and O–H groups in total. The first kappa shape index (κ1) is 15.7. The molecule has 110 valence electrons. The number of halogens is 1. The van der Waals surface area contributed by atoms with Crippen molar-refractivity contribution in [3.8, 4) is 0 Å². The Morgan fingerprint density at radius 1 is 1.19 bits per heavy atom. The van der Waals surface area contributed by atoms with Gasteiger partial charge in [-0.2, -0.15) is 0 Å². The van der Waals surface area contributed by atoms with Crippen molar-refractivity contribution in [2.45, 2.75) is 13.5 Å². The molecule has 0 heterocycles. The second-order valence-electron chi connectivity index (χ2n) is 4.90. The maximum Gasteiger partial charge on any atom is 0.254 e. The Balaban J connectivity index is 2.20. The smallest absolute Gasteiger partial charge is 0.254 e. The summed E-state index contributed by atoms with van der Waals surface area (Å²) in [5, 5.41) is 9.21. The predicted octanol–water partition coefficient (Wildman–Crippen LogP) is 3.39. The summed E-state index contributed by atoms with van der Waals surface area (Å²) in [6.07, 6.45) is 0. The van der Waals surface area contributed by atoms with E-state index in [1.807, 2.05) is 49.4 Å². The van der Waals surface area contributed by atoms with E-state index in [0.717, 1.165) is 15.6 Å². The van der Waals surface area contributed by atoms with E-state index in [1.54, 1.807) is 11.0 Å². The van der Waals surface area contributed by atoms with Crippen molar-refractivity contribution in [3.63, 3.8) is 0 Å². The third kappa shape index (κ3) is 4.16. The van der Waals surface area contributed by atoms with Gasteiger partial charge in [-0.05, 0) is 36.2 Å². The number of aryl methyl sites for hydroxylation is 1. The average molecular weight is 348 g/mol. The van der Waals surface area contributed by atoms with Crippen LogP contribution in [0.1, 0.15) is 21.5 Å². The van der Waals surface area contributed by atoms with E-state index in [4.69, 9.17) is 0 Å². The fourth-order valence-electron chi connectivity index (χ4n) is 2.14. The van der Waals surface area contributed by atoms with Gasteiger partial charge in [0.2, 0.25) is 0 Å². The van der Waals surface area contributed by atoms with Crippen LogP contribution in [0, 0.1) is 6.92 Å². The lowest BCUT2D eigenvalue weighted by molar-refractivity contribution is 0.0707. The Morgan fingerprint density at radius 3 is 2.52 bits per heavy atom. The summed E-state index contributed by atoms with van der Waals surface area (Å²) in [4.78, 5) is 14.3. The molecule has 2 aromatic rings. The minimum Gasteiger partial charge on any atom is -0.395 e. The molecule has 0 atom stereocenters. The molecule has 0 unspecified atom stereocenters. The van der Waals surface area contributed by atoms with Crippen LogP contribution in [0.5, 0.6) is 0 Å². The molecular formula is C17H18BrNO2. The van der Waals surface area contributed by atoms with Crippen molar-refractivity contribution >= 4 is 21.8 Å². The molecule has 0 aliphatic carbocycles. The highest BCUT2D eigenvalue weighted by Gasteiger charge is 2.16. The molecule has 0 fully saturated rings. The van der Waals surface area contributed by atoms with Gasteiger partial charge in [-0.1, -0.05) is 46.3 Å². The Hall–Kier alpha value is -1.65. The van der Waals surface area contributed by atoms with Crippen molar-refractivity contribution in [1.82, 2.24) is 4.90 Å². The van der Waals surface area contributed by atoms with E-state index >= 15 is 0 Å². The predicted molar refractivity (Wildman–Crippen MR) is 87.1 cm³/mol. The molecule has 0 aromatic heterocycles. The lowest BCUT2D eigenvalue weighted by Gasteiger charge is -2.22. The SMILES string of the molecule is Cc1cc(C(=O)N(CCO)Cc2ccccc2)ccc1Br. The molecule has 2 rings (SSSR count). The number of carbonyl (C=O) groups excluding carboxylic acids is 1. The molecule has 0 spiro atoms. The normalized spacial score (nSPS) is 10.4. The van der Waals surface area contributed by atoms with E-state index in [9.17, 15) is 9.90 Å². The maximum atomic E-state index is 12.6. The lowest BCUT2D eigenvalue weighted by Crippen LogP contribution is -2.33. The molecule has 0 saturated carbocycles. The van der Waals surface area contributed by atoms with Gasteiger partial charge in [0.1, 0.15) is 0 Å². The molecule has 0 radical (unpaired) electrons. The maximum absolute atomic E-state index is 12.6. The number of amides is 1. The Kier molecular flexibility index (Phi) is 5.53. The summed E-state index contributed by atoms with van der Waals surface area (Å²) in [5.74, 6) is -0.0662.